The van der Waals surface area contributed by atoms with Crippen molar-refractivity contribution in [1.82, 2.24) is 20.1 Å². The lowest BCUT2D eigenvalue weighted by atomic mass is 10.2. The largest absolute Gasteiger partial charge is 0.419 e. The summed E-state index contributed by atoms with van der Waals surface area (Å²) in [7, 11) is 0. The first-order valence-electron chi connectivity index (χ1n) is 8.89. The predicted octanol–water partition coefficient (Wildman–Crippen LogP) is 5.63. The number of nitrogens with zero attached hydrogens (tertiary/aromatic N) is 4. The van der Waals surface area contributed by atoms with Gasteiger partial charge < -0.3 is 9.32 Å². The molecule has 3 aromatic heterocycles. The molecule has 0 unspecified atom stereocenters. The summed E-state index contributed by atoms with van der Waals surface area (Å²) in [5, 5.41) is 15.3. The number of thiazole rings is 1. The molecule has 6 nitrogen and oxygen atoms in total. The van der Waals surface area contributed by atoms with E-state index in [-0.39, 0.29) is 18.5 Å². The van der Waals surface area contributed by atoms with Gasteiger partial charge in [0, 0.05) is 22.4 Å². The van der Waals surface area contributed by atoms with Crippen molar-refractivity contribution >= 4 is 40.2 Å². The first-order chi connectivity index (χ1) is 14.0. The van der Waals surface area contributed by atoms with Crippen molar-refractivity contribution in [2.45, 2.75) is 26.4 Å². The number of carbonyl (C=O) groups is 1. The van der Waals surface area contributed by atoms with Gasteiger partial charge in [0.1, 0.15) is 10.7 Å². The number of amides is 1. The number of benzene rings is 1. The summed E-state index contributed by atoms with van der Waals surface area (Å²) in [6.45, 7) is 4.07. The topological polar surface area (TPSA) is 72.1 Å². The van der Waals surface area contributed by atoms with E-state index in [4.69, 9.17) is 16.0 Å². The van der Waals surface area contributed by atoms with Crippen molar-refractivity contribution in [2.24, 2.45) is 0 Å². The first kappa shape index (κ1) is 19.8. The number of halogens is 1. The van der Waals surface area contributed by atoms with E-state index in [1.165, 1.54) is 11.3 Å². The monoisotopic (exact) mass is 444 g/mol. The van der Waals surface area contributed by atoms with E-state index < -0.39 is 0 Å². The van der Waals surface area contributed by atoms with Gasteiger partial charge in [0.2, 0.25) is 11.8 Å². The minimum absolute atomic E-state index is 0.0653. The molecule has 0 atom stereocenters. The maximum absolute atomic E-state index is 13.1. The van der Waals surface area contributed by atoms with E-state index in [2.05, 4.69) is 15.2 Å². The molecule has 0 bridgehead atoms. The van der Waals surface area contributed by atoms with Crippen LogP contribution in [0.2, 0.25) is 5.02 Å². The Bertz CT molecular complexity index is 1120. The van der Waals surface area contributed by atoms with Gasteiger partial charge in [-0.3, -0.25) is 4.79 Å². The number of thiophene rings is 1. The lowest BCUT2D eigenvalue weighted by Gasteiger charge is -2.24. The second-order valence-corrected chi connectivity index (χ2v) is 8.60. The molecule has 148 valence electrons. The second-order valence-electron chi connectivity index (χ2n) is 6.56. The minimum Gasteiger partial charge on any atom is -0.419 e. The van der Waals surface area contributed by atoms with E-state index >= 15 is 0 Å². The normalized spacial score (nSPS) is 11.2. The minimum atomic E-state index is -0.171. The highest BCUT2D eigenvalue weighted by Crippen LogP contribution is 2.28. The summed E-state index contributed by atoms with van der Waals surface area (Å²) in [4.78, 5) is 19.2. The van der Waals surface area contributed by atoms with Gasteiger partial charge in [0.25, 0.3) is 5.91 Å². The number of aromatic nitrogens is 3. The highest BCUT2D eigenvalue weighted by Gasteiger charge is 2.24. The van der Waals surface area contributed by atoms with Crippen molar-refractivity contribution in [3.63, 3.8) is 0 Å². The summed E-state index contributed by atoms with van der Waals surface area (Å²) in [5.41, 5.74) is 2.10. The van der Waals surface area contributed by atoms with Crippen molar-refractivity contribution in [3.05, 3.63) is 63.1 Å². The molecule has 3 heterocycles. The molecule has 4 aromatic rings. The predicted molar refractivity (Wildman–Crippen MR) is 115 cm³/mol. The maximum atomic E-state index is 13.1. The molecule has 1 aromatic carbocycles. The molecular weight excluding hydrogens is 428 g/mol. The van der Waals surface area contributed by atoms with Gasteiger partial charge in [0.05, 0.1) is 17.1 Å². The molecule has 9 heteroatoms. The third-order valence-corrected chi connectivity index (χ3v) is 6.16. The van der Waals surface area contributed by atoms with Gasteiger partial charge in [-0.1, -0.05) is 23.7 Å². The summed E-state index contributed by atoms with van der Waals surface area (Å²) in [6.07, 6.45) is 0. The number of rotatable bonds is 6. The van der Waals surface area contributed by atoms with Crippen LogP contribution in [-0.4, -0.2) is 32.0 Å². The molecule has 0 saturated carbocycles. The summed E-state index contributed by atoms with van der Waals surface area (Å²) < 4.78 is 5.76. The Morgan fingerprint density at radius 2 is 2.03 bits per heavy atom. The van der Waals surface area contributed by atoms with Crippen molar-refractivity contribution in [1.29, 1.82) is 0 Å². The Morgan fingerprint density at radius 1 is 1.21 bits per heavy atom. The lowest BCUT2D eigenvalue weighted by Crippen LogP contribution is -2.36. The Kier molecular flexibility index (Phi) is 5.75. The zero-order valence-corrected chi connectivity index (χ0v) is 18.1. The van der Waals surface area contributed by atoms with Crippen molar-refractivity contribution < 1.29 is 9.21 Å². The maximum Gasteiger partial charge on any atom is 0.274 e. The van der Waals surface area contributed by atoms with Crippen LogP contribution in [0.5, 0.6) is 0 Å². The molecular formula is C20H17ClN4O2S2. The van der Waals surface area contributed by atoms with E-state index in [1.54, 1.807) is 27.7 Å². The molecule has 29 heavy (non-hydrogen) atoms. The van der Waals surface area contributed by atoms with Gasteiger partial charge in [-0.05, 0) is 37.4 Å². The standard InChI is InChI=1S/C20H17ClN4O2S2/c1-12(2)25(20(26)16-11-29-19(22-16)13-7-8-28-10-13)9-17-23-24-18(27-17)14-5-3-4-6-15(14)21/h3-8,10-12H,9H2,1-2H3. The van der Waals surface area contributed by atoms with Crippen LogP contribution in [0.25, 0.3) is 22.0 Å². The molecule has 1 amide bonds. The molecule has 0 aliphatic carbocycles. The van der Waals surface area contributed by atoms with Crippen LogP contribution in [0, 0.1) is 0 Å². The van der Waals surface area contributed by atoms with E-state index in [0.717, 1.165) is 10.6 Å². The zero-order valence-electron chi connectivity index (χ0n) is 15.7. The Morgan fingerprint density at radius 3 is 2.76 bits per heavy atom. The fourth-order valence-corrected chi connectivity index (χ4v) is 4.46. The van der Waals surface area contributed by atoms with Crippen LogP contribution in [0.15, 0.2) is 50.9 Å². The average molecular weight is 445 g/mol. The third-order valence-electron chi connectivity index (χ3n) is 4.25. The third kappa shape index (κ3) is 4.24. The van der Waals surface area contributed by atoms with Crippen molar-refractivity contribution in [2.75, 3.05) is 0 Å². The molecule has 0 N–H and O–H groups in total. The second kappa shape index (κ2) is 8.44. The summed E-state index contributed by atoms with van der Waals surface area (Å²) in [5.74, 6) is 0.501. The van der Waals surface area contributed by atoms with E-state index in [9.17, 15) is 4.79 Å². The van der Waals surface area contributed by atoms with Gasteiger partial charge in [-0.15, -0.1) is 21.5 Å². The summed E-state index contributed by atoms with van der Waals surface area (Å²) >= 11 is 9.26. The molecule has 4 rings (SSSR count). The fourth-order valence-electron chi connectivity index (χ4n) is 2.73. The molecule has 0 saturated heterocycles. The van der Waals surface area contributed by atoms with Gasteiger partial charge in [-0.25, -0.2) is 4.98 Å². The van der Waals surface area contributed by atoms with E-state index in [1.807, 2.05) is 48.9 Å². The van der Waals surface area contributed by atoms with Gasteiger partial charge >= 0.3 is 0 Å². The van der Waals surface area contributed by atoms with Crippen LogP contribution >= 0.6 is 34.3 Å². The molecule has 0 fully saturated rings. The zero-order chi connectivity index (χ0) is 20.4. The highest BCUT2D eigenvalue weighted by atomic mass is 35.5. The van der Waals surface area contributed by atoms with Gasteiger partial charge in [0.15, 0.2) is 0 Å². The Balaban J connectivity index is 1.54. The SMILES string of the molecule is CC(C)N(Cc1nnc(-c2ccccc2Cl)o1)C(=O)c1csc(-c2ccsc2)n1. The van der Waals surface area contributed by atoms with E-state index in [0.29, 0.717) is 28.1 Å². The number of hydrogen-bond donors (Lipinski definition) is 0. The van der Waals surface area contributed by atoms with Crippen LogP contribution in [0.1, 0.15) is 30.2 Å². The molecule has 0 radical (unpaired) electrons. The lowest BCUT2D eigenvalue weighted by molar-refractivity contribution is 0.0667. The van der Waals surface area contributed by atoms with Gasteiger partial charge in [-0.2, -0.15) is 11.3 Å². The molecule has 0 aliphatic heterocycles. The van der Waals surface area contributed by atoms with Crippen LogP contribution in [-0.2, 0) is 6.54 Å². The molecule has 0 aliphatic rings. The number of hydrogen-bond acceptors (Lipinski definition) is 7. The van der Waals surface area contributed by atoms with Crippen molar-refractivity contribution in [3.8, 4) is 22.0 Å². The Hall–Kier alpha value is -2.55. The molecule has 0 spiro atoms. The van der Waals surface area contributed by atoms with Crippen LogP contribution < -0.4 is 0 Å². The van der Waals surface area contributed by atoms with Crippen LogP contribution in [0.3, 0.4) is 0 Å². The first-order valence-corrected chi connectivity index (χ1v) is 11.1. The average Bonchev–Trinajstić information content (AvgIpc) is 3.47. The quantitative estimate of drug-likeness (QED) is 0.385. The highest BCUT2D eigenvalue weighted by molar-refractivity contribution is 7.14. The number of carbonyl (C=O) groups excluding carboxylic acids is 1. The van der Waals surface area contributed by atoms with Crippen LogP contribution in [0.4, 0.5) is 0 Å². The Labute approximate surface area is 180 Å². The fraction of sp³-hybridized carbons (Fsp3) is 0.200. The summed E-state index contributed by atoms with van der Waals surface area (Å²) in [6, 6.07) is 9.18. The smallest absolute Gasteiger partial charge is 0.274 e.